The summed E-state index contributed by atoms with van der Waals surface area (Å²) in [5.74, 6) is -0.682. The third kappa shape index (κ3) is 1.95. The Morgan fingerprint density at radius 1 is 1.35 bits per heavy atom. The molecule has 0 saturated carbocycles. The third-order valence-electron chi connectivity index (χ3n) is 4.71. The first-order valence-corrected chi connectivity index (χ1v) is 7.05. The molecule has 0 aliphatic carbocycles. The second-order valence-electron chi connectivity index (χ2n) is 5.93. The van der Waals surface area contributed by atoms with Gasteiger partial charge in [0.05, 0.1) is 12.0 Å². The highest BCUT2D eigenvalue weighted by atomic mass is 16.5. The second-order valence-corrected chi connectivity index (χ2v) is 5.93. The van der Waals surface area contributed by atoms with Crippen molar-refractivity contribution in [2.75, 3.05) is 6.61 Å². The number of ether oxygens (including phenoxy) is 1. The number of hydrogen-bond donors (Lipinski definition) is 1. The van der Waals surface area contributed by atoms with Gasteiger partial charge in [-0.25, -0.2) is 0 Å². The molecule has 3 unspecified atom stereocenters. The molecule has 2 saturated heterocycles. The van der Waals surface area contributed by atoms with Crippen LogP contribution in [0.3, 0.4) is 0 Å². The lowest BCUT2D eigenvalue weighted by Gasteiger charge is -2.42. The normalized spacial score (nSPS) is 33.5. The van der Waals surface area contributed by atoms with Gasteiger partial charge in [-0.3, -0.25) is 14.9 Å². The van der Waals surface area contributed by atoms with Crippen molar-refractivity contribution in [3.8, 4) is 0 Å². The fraction of sp³-hybridized carbons (Fsp3) is 0.500. The first-order valence-electron chi connectivity index (χ1n) is 7.05. The molecule has 1 N–H and O–H groups in total. The number of nitrogens with one attached hydrogen (secondary N) is 1. The number of imide groups is 1. The topological polar surface area (TPSA) is 55.4 Å². The van der Waals surface area contributed by atoms with Crippen LogP contribution < -0.4 is 5.32 Å². The number of hydrogen-bond acceptors (Lipinski definition) is 3. The van der Waals surface area contributed by atoms with Crippen molar-refractivity contribution in [3.05, 3.63) is 35.4 Å². The van der Waals surface area contributed by atoms with Gasteiger partial charge < -0.3 is 4.74 Å². The molecule has 1 aromatic carbocycles. The Hall–Kier alpha value is -1.68. The largest absolute Gasteiger partial charge is 0.378 e. The maximum atomic E-state index is 12.4. The minimum absolute atomic E-state index is 0.0805. The highest BCUT2D eigenvalue weighted by molar-refractivity contribution is 6.02. The molecule has 20 heavy (non-hydrogen) atoms. The fourth-order valence-electron chi connectivity index (χ4n) is 3.65. The molecule has 4 heteroatoms. The molecule has 1 spiro atoms. The molecular formula is C16H19NO3. The van der Waals surface area contributed by atoms with Crippen molar-refractivity contribution in [1.82, 2.24) is 5.32 Å². The van der Waals surface area contributed by atoms with Crippen LogP contribution in [-0.4, -0.2) is 24.5 Å². The highest BCUT2D eigenvalue weighted by Gasteiger charge is 2.55. The minimum Gasteiger partial charge on any atom is -0.378 e. The molecule has 2 aliphatic rings. The quantitative estimate of drug-likeness (QED) is 0.795. The molecule has 3 atom stereocenters. The van der Waals surface area contributed by atoms with E-state index in [-0.39, 0.29) is 23.8 Å². The van der Waals surface area contributed by atoms with Crippen LogP contribution in [0.25, 0.3) is 0 Å². The summed E-state index contributed by atoms with van der Waals surface area (Å²) in [7, 11) is 0. The van der Waals surface area contributed by atoms with Crippen LogP contribution in [0, 0.1) is 12.3 Å². The smallest absolute Gasteiger partial charge is 0.234 e. The molecule has 0 bridgehead atoms. The van der Waals surface area contributed by atoms with Crippen LogP contribution in [0.15, 0.2) is 24.3 Å². The molecule has 3 rings (SSSR count). The van der Waals surface area contributed by atoms with Gasteiger partial charge in [0.1, 0.15) is 0 Å². The first kappa shape index (κ1) is 13.3. The van der Waals surface area contributed by atoms with E-state index in [9.17, 15) is 9.59 Å². The van der Waals surface area contributed by atoms with Crippen molar-refractivity contribution < 1.29 is 14.3 Å². The standard InChI is InChI=1S/C16H19NO3/c1-10-4-3-5-12(8-10)14-15(19)17-13(18)9-16(14)6-7-20-11(16)2/h3-5,8,11,14H,6-7,9H2,1-2H3,(H,17,18,19). The Morgan fingerprint density at radius 2 is 2.15 bits per heavy atom. The van der Waals surface area contributed by atoms with Crippen LogP contribution in [0.4, 0.5) is 0 Å². The van der Waals surface area contributed by atoms with Crippen molar-refractivity contribution >= 4 is 11.8 Å². The van der Waals surface area contributed by atoms with E-state index in [2.05, 4.69) is 5.32 Å². The first-order chi connectivity index (χ1) is 9.53. The molecule has 1 aromatic rings. The number of carbonyl (C=O) groups excluding carboxylic acids is 2. The molecular weight excluding hydrogens is 254 g/mol. The molecule has 2 aliphatic heterocycles. The zero-order valence-electron chi connectivity index (χ0n) is 11.8. The van der Waals surface area contributed by atoms with Crippen molar-refractivity contribution in [1.29, 1.82) is 0 Å². The predicted octanol–water partition coefficient (Wildman–Crippen LogP) is 1.92. The summed E-state index contributed by atoms with van der Waals surface area (Å²) in [5, 5.41) is 2.49. The van der Waals surface area contributed by atoms with E-state index >= 15 is 0 Å². The zero-order chi connectivity index (χ0) is 14.3. The monoisotopic (exact) mass is 273 g/mol. The Bertz CT molecular complexity index is 569. The summed E-state index contributed by atoms with van der Waals surface area (Å²) in [6.07, 6.45) is 1.03. The molecule has 106 valence electrons. The van der Waals surface area contributed by atoms with Crippen LogP contribution >= 0.6 is 0 Å². The summed E-state index contributed by atoms with van der Waals surface area (Å²) < 4.78 is 5.69. The van der Waals surface area contributed by atoms with Crippen LogP contribution in [0.2, 0.25) is 0 Å². The van der Waals surface area contributed by atoms with Gasteiger partial charge in [0, 0.05) is 18.4 Å². The maximum absolute atomic E-state index is 12.4. The van der Waals surface area contributed by atoms with Gasteiger partial charge in [-0.05, 0) is 25.8 Å². The minimum atomic E-state index is -0.396. The van der Waals surface area contributed by atoms with Crippen molar-refractivity contribution in [2.24, 2.45) is 5.41 Å². The molecule has 2 heterocycles. The van der Waals surface area contributed by atoms with E-state index in [4.69, 9.17) is 4.74 Å². The van der Waals surface area contributed by atoms with Crippen molar-refractivity contribution in [3.63, 3.8) is 0 Å². The highest BCUT2D eigenvalue weighted by Crippen LogP contribution is 2.51. The number of amides is 2. The molecule has 2 amide bonds. The number of carbonyl (C=O) groups is 2. The molecule has 2 fully saturated rings. The summed E-state index contributed by atoms with van der Waals surface area (Å²) in [5.41, 5.74) is 1.70. The van der Waals surface area contributed by atoms with E-state index in [1.54, 1.807) is 0 Å². The Kier molecular flexibility index (Phi) is 3.13. The van der Waals surface area contributed by atoms with Gasteiger partial charge in [-0.2, -0.15) is 0 Å². The average Bonchev–Trinajstić information content (AvgIpc) is 2.70. The number of aryl methyl sites for hydroxylation is 1. The Morgan fingerprint density at radius 3 is 2.80 bits per heavy atom. The Labute approximate surface area is 118 Å². The predicted molar refractivity (Wildman–Crippen MR) is 74.2 cm³/mol. The summed E-state index contributed by atoms with van der Waals surface area (Å²) in [6.45, 7) is 4.60. The van der Waals surface area contributed by atoms with Gasteiger partial charge in [0.15, 0.2) is 0 Å². The number of benzene rings is 1. The fourth-order valence-corrected chi connectivity index (χ4v) is 3.65. The van der Waals surface area contributed by atoms with E-state index < -0.39 is 5.41 Å². The SMILES string of the molecule is Cc1cccc(C2C(=O)NC(=O)CC23CCOC3C)c1. The molecule has 0 radical (unpaired) electrons. The van der Waals surface area contributed by atoms with E-state index in [1.807, 2.05) is 38.1 Å². The number of piperidine rings is 1. The van der Waals surface area contributed by atoms with Gasteiger partial charge in [0.25, 0.3) is 0 Å². The average molecular weight is 273 g/mol. The van der Waals surface area contributed by atoms with Gasteiger partial charge in [0.2, 0.25) is 11.8 Å². The summed E-state index contributed by atoms with van der Waals surface area (Å²) in [4.78, 5) is 24.3. The van der Waals surface area contributed by atoms with Crippen LogP contribution in [-0.2, 0) is 14.3 Å². The zero-order valence-corrected chi connectivity index (χ0v) is 11.8. The van der Waals surface area contributed by atoms with E-state index in [0.717, 1.165) is 17.5 Å². The lowest BCUT2D eigenvalue weighted by Crippen LogP contribution is -2.53. The van der Waals surface area contributed by atoms with Gasteiger partial charge in [-0.15, -0.1) is 0 Å². The molecule has 4 nitrogen and oxygen atoms in total. The maximum Gasteiger partial charge on any atom is 0.234 e. The van der Waals surface area contributed by atoms with E-state index in [0.29, 0.717) is 13.0 Å². The van der Waals surface area contributed by atoms with Gasteiger partial charge in [-0.1, -0.05) is 29.8 Å². The van der Waals surface area contributed by atoms with Crippen molar-refractivity contribution in [2.45, 2.75) is 38.7 Å². The summed E-state index contributed by atoms with van der Waals surface area (Å²) >= 11 is 0. The van der Waals surface area contributed by atoms with E-state index in [1.165, 1.54) is 0 Å². The summed E-state index contributed by atoms with van der Waals surface area (Å²) in [6, 6.07) is 7.98. The van der Waals surface area contributed by atoms with Crippen LogP contribution in [0.5, 0.6) is 0 Å². The lowest BCUT2D eigenvalue weighted by atomic mass is 9.63. The van der Waals surface area contributed by atoms with Gasteiger partial charge >= 0.3 is 0 Å². The molecule has 0 aromatic heterocycles. The second kappa shape index (κ2) is 4.70. The Balaban J connectivity index is 2.09. The number of rotatable bonds is 1. The lowest BCUT2D eigenvalue weighted by molar-refractivity contribution is -0.142. The van der Waals surface area contributed by atoms with Crippen LogP contribution in [0.1, 0.15) is 36.8 Å². The third-order valence-corrected chi connectivity index (χ3v) is 4.71.